The van der Waals surface area contributed by atoms with Crippen LogP contribution in [-0.2, 0) is 9.53 Å². The minimum atomic E-state index is -0.0770. The number of esters is 1. The summed E-state index contributed by atoms with van der Waals surface area (Å²) in [5.74, 6) is 0.0321. The number of rotatable bonds is 9. The molecule has 1 unspecified atom stereocenters. The van der Waals surface area contributed by atoms with Gasteiger partial charge in [-0.2, -0.15) is 0 Å². The summed E-state index contributed by atoms with van der Waals surface area (Å²) in [6, 6.07) is 15.0. The lowest BCUT2D eigenvalue weighted by atomic mass is 9.93. The van der Waals surface area contributed by atoms with E-state index in [1.54, 1.807) is 4.90 Å². The Balaban J connectivity index is 0.00000408. The summed E-state index contributed by atoms with van der Waals surface area (Å²) in [6.45, 7) is 5.47. The molecule has 186 valence electrons. The minimum absolute atomic E-state index is 0. The lowest BCUT2D eigenvalue weighted by molar-refractivity contribution is -0.149. The van der Waals surface area contributed by atoms with Crippen molar-refractivity contribution in [3.8, 4) is 0 Å². The van der Waals surface area contributed by atoms with Gasteiger partial charge in [-0.3, -0.25) is 9.59 Å². The van der Waals surface area contributed by atoms with Crippen LogP contribution in [0.15, 0.2) is 48.5 Å². The van der Waals surface area contributed by atoms with Crippen molar-refractivity contribution in [1.82, 2.24) is 9.80 Å². The molecule has 1 saturated heterocycles. The molecular formula is C26H33Cl3N2O3. The molecule has 0 aromatic heterocycles. The van der Waals surface area contributed by atoms with E-state index < -0.39 is 0 Å². The maximum absolute atomic E-state index is 12.9. The van der Waals surface area contributed by atoms with E-state index in [2.05, 4.69) is 4.90 Å². The maximum Gasteiger partial charge on any atom is 0.309 e. The highest BCUT2D eigenvalue weighted by Crippen LogP contribution is 2.30. The zero-order chi connectivity index (χ0) is 23.8. The Morgan fingerprint density at radius 2 is 1.76 bits per heavy atom. The first kappa shape index (κ1) is 28.4. The molecule has 2 aromatic carbocycles. The van der Waals surface area contributed by atoms with Crippen LogP contribution >= 0.6 is 35.6 Å². The van der Waals surface area contributed by atoms with Crippen LogP contribution in [0.4, 0.5) is 0 Å². The van der Waals surface area contributed by atoms with Gasteiger partial charge < -0.3 is 14.5 Å². The molecule has 8 heteroatoms. The van der Waals surface area contributed by atoms with E-state index in [9.17, 15) is 9.59 Å². The summed E-state index contributed by atoms with van der Waals surface area (Å²) in [7, 11) is 1.84. The lowest BCUT2D eigenvalue weighted by Gasteiger charge is -2.32. The van der Waals surface area contributed by atoms with Crippen LogP contribution in [0.3, 0.4) is 0 Å². The molecule has 0 bridgehead atoms. The number of hydrogen-bond acceptors (Lipinski definition) is 4. The number of piperidine rings is 1. The molecule has 2 aromatic rings. The Labute approximate surface area is 218 Å². The minimum Gasteiger partial charge on any atom is -0.466 e. The van der Waals surface area contributed by atoms with Crippen LogP contribution in [0, 0.1) is 5.92 Å². The Hall–Kier alpha value is -1.79. The lowest BCUT2D eigenvalue weighted by Crippen LogP contribution is -2.38. The monoisotopic (exact) mass is 526 g/mol. The second-order valence-corrected chi connectivity index (χ2v) is 9.39. The van der Waals surface area contributed by atoms with Crippen LogP contribution in [-0.4, -0.2) is 61.5 Å². The fourth-order valence-corrected chi connectivity index (χ4v) is 4.64. The topological polar surface area (TPSA) is 49.9 Å². The smallest absolute Gasteiger partial charge is 0.309 e. The number of likely N-dealkylation sites (N-methyl/N-ethyl adjacent to an activating group) is 1. The van der Waals surface area contributed by atoms with Crippen molar-refractivity contribution in [3.05, 3.63) is 69.7 Å². The van der Waals surface area contributed by atoms with E-state index in [0.29, 0.717) is 28.8 Å². The number of carbonyl (C=O) groups excluding carboxylic acids is 2. The van der Waals surface area contributed by atoms with E-state index in [1.165, 1.54) is 0 Å². The first-order chi connectivity index (χ1) is 15.9. The molecule has 1 amide bonds. The molecule has 0 saturated carbocycles. The van der Waals surface area contributed by atoms with Crippen molar-refractivity contribution in [2.24, 2.45) is 5.92 Å². The number of carbonyl (C=O) groups is 2. The van der Waals surface area contributed by atoms with E-state index in [4.69, 9.17) is 27.9 Å². The van der Waals surface area contributed by atoms with Gasteiger partial charge in [-0.1, -0.05) is 47.5 Å². The third-order valence-electron chi connectivity index (χ3n) is 6.28. The highest BCUT2D eigenvalue weighted by atomic mass is 35.5. The fourth-order valence-electron chi connectivity index (χ4n) is 4.34. The summed E-state index contributed by atoms with van der Waals surface area (Å²) in [5.41, 5.74) is 1.74. The van der Waals surface area contributed by atoms with Gasteiger partial charge in [0.15, 0.2) is 0 Å². The molecule has 0 N–H and O–H groups in total. The predicted octanol–water partition coefficient (Wildman–Crippen LogP) is 5.94. The van der Waals surface area contributed by atoms with Crippen molar-refractivity contribution in [1.29, 1.82) is 0 Å². The number of ether oxygens (including phenoxy) is 1. The number of likely N-dealkylation sites (tertiary alicyclic amines) is 1. The van der Waals surface area contributed by atoms with Gasteiger partial charge in [-0.05, 0) is 75.6 Å². The zero-order valence-electron chi connectivity index (χ0n) is 19.7. The summed E-state index contributed by atoms with van der Waals surface area (Å²) in [4.78, 5) is 29.1. The summed E-state index contributed by atoms with van der Waals surface area (Å²) in [5, 5.41) is 1.04. The molecule has 0 radical (unpaired) electrons. The quantitative estimate of drug-likeness (QED) is 0.379. The molecule has 1 heterocycles. The van der Waals surface area contributed by atoms with Gasteiger partial charge >= 0.3 is 5.97 Å². The number of hydrogen-bond donors (Lipinski definition) is 0. The van der Waals surface area contributed by atoms with Crippen molar-refractivity contribution in [2.45, 2.75) is 32.1 Å². The SMILES string of the molecule is CCOC(=O)C1CCN(CCC(CN(C)C(=O)c2ccccc2)c2ccc(Cl)c(Cl)c2)CC1.Cl. The second kappa shape index (κ2) is 13.9. The number of nitrogens with zero attached hydrogens (tertiary/aromatic N) is 2. The fraction of sp³-hybridized carbons (Fsp3) is 0.462. The van der Waals surface area contributed by atoms with Crippen LogP contribution in [0.25, 0.3) is 0 Å². The standard InChI is InChI=1S/C26H32Cl2N2O3.ClH/c1-3-33-26(32)20-11-14-30(15-12-20)16-13-22(21-9-10-23(27)24(28)17-21)18-29(2)25(31)19-7-5-4-6-8-19;/h4-10,17,20,22H,3,11-16,18H2,1-2H3;1H. The number of halogens is 3. The normalized spacial score (nSPS) is 15.3. The van der Waals surface area contributed by atoms with Crippen molar-refractivity contribution in [2.75, 3.05) is 39.8 Å². The zero-order valence-corrected chi connectivity index (χ0v) is 22.0. The molecule has 34 heavy (non-hydrogen) atoms. The van der Waals surface area contributed by atoms with Gasteiger partial charge in [-0.25, -0.2) is 0 Å². The predicted molar refractivity (Wildman–Crippen MR) is 140 cm³/mol. The van der Waals surface area contributed by atoms with Crippen molar-refractivity contribution >= 4 is 47.5 Å². The van der Waals surface area contributed by atoms with Crippen LogP contribution in [0.5, 0.6) is 0 Å². The summed E-state index contributed by atoms with van der Waals surface area (Å²) in [6.07, 6.45) is 2.51. The average Bonchev–Trinajstić information content (AvgIpc) is 2.84. The maximum atomic E-state index is 12.9. The van der Waals surface area contributed by atoms with Crippen molar-refractivity contribution in [3.63, 3.8) is 0 Å². The van der Waals surface area contributed by atoms with E-state index in [-0.39, 0.29) is 36.1 Å². The first-order valence-electron chi connectivity index (χ1n) is 11.5. The molecule has 1 atom stereocenters. The molecule has 1 aliphatic heterocycles. The van der Waals surface area contributed by atoms with E-state index in [1.807, 2.05) is 62.5 Å². The summed E-state index contributed by atoms with van der Waals surface area (Å²) >= 11 is 12.4. The van der Waals surface area contributed by atoms with Crippen LogP contribution < -0.4 is 0 Å². The Bertz CT molecular complexity index is 934. The Morgan fingerprint density at radius 1 is 1.09 bits per heavy atom. The average molecular weight is 528 g/mol. The molecular weight excluding hydrogens is 495 g/mol. The third kappa shape index (κ3) is 7.88. The van der Waals surface area contributed by atoms with Gasteiger partial charge in [0.1, 0.15) is 0 Å². The van der Waals surface area contributed by atoms with Gasteiger partial charge in [-0.15, -0.1) is 12.4 Å². The van der Waals surface area contributed by atoms with Crippen LogP contribution in [0.2, 0.25) is 10.0 Å². The van der Waals surface area contributed by atoms with Gasteiger partial charge in [0.25, 0.3) is 5.91 Å². The molecule has 0 aliphatic carbocycles. The van der Waals surface area contributed by atoms with E-state index >= 15 is 0 Å². The third-order valence-corrected chi connectivity index (χ3v) is 7.02. The molecule has 1 aliphatic rings. The van der Waals surface area contributed by atoms with E-state index in [0.717, 1.165) is 44.5 Å². The molecule has 0 spiro atoms. The van der Waals surface area contributed by atoms with Crippen molar-refractivity contribution < 1.29 is 14.3 Å². The Morgan fingerprint density at radius 3 is 2.38 bits per heavy atom. The second-order valence-electron chi connectivity index (χ2n) is 8.58. The highest BCUT2D eigenvalue weighted by molar-refractivity contribution is 6.42. The number of benzene rings is 2. The number of amides is 1. The Kier molecular flexibility index (Phi) is 11.7. The van der Waals surface area contributed by atoms with Crippen LogP contribution in [0.1, 0.15) is 48.0 Å². The molecule has 1 fully saturated rings. The molecule has 5 nitrogen and oxygen atoms in total. The summed E-state index contributed by atoms with van der Waals surface area (Å²) < 4.78 is 5.18. The molecule has 3 rings (SSSR count). The van der Waals surface area contributed by atoms with Gasteiger partial charge in [0.2, 0.25) is 0 Å². The van der Waals surface area contributed by atoms with Gasteiger partial charge in [0.05, 0.1) is 22.6 Å². The largest absolute Gasteiger partial charge is 0.466 e. The first-order valence-corrected chi connectivity index (χ1v) is 12.3. The highest BCUT2D eigenvalue weighted by Gasteiger charge is 2.27. The van der Waals surface area contributed by atoms with Gasteiger partial charge in [0, 0.05) is 25.1 Å².